The minimum Gasteiger partial charge on any atom is -0.378 e. The van der Waals surface area contributed by atoms with Crippen LogP contribution in [0.1, 0.15) is 18.5 Å². The maximum absolute atomic E-state index is 13.5. The SMILES string of the molecule is Fc1ccc([SH+]C2(c3cc(N4CCOCC4)nc(Cl)n3)CC2)cc1F. The Hall–Kier alpha value is -1.44. The van der Waals surface area contributed by atoms with Gasteiger partial charge in [-0.2, -0.15) is 0 Å². The fourth-order valence-electron chi connectivity index (χ4n) is 2.94. The third-order valence-electron chi connectivity index (χ3n) is 4.47. The number of rotatable bonds is 4. The van der Waals surface area contributed by atoms with E-state index in [2.05, 4.69) is 14.9 Å². The van der Waals surface area contributed by atoms with Crippen LogP contribution in [0.4, 0.5) is 14.6 Å². The molecule has 2 fully saturated rings. The second-order valence-corrected chi connectivity index (χ2v) is 8.16. The van der Waals surface area contributed by atoms with Crippen LogP contribution >= 0.6 is 11.6 Å². The minimum atomic E-state index is -0.830. The number of morpholine rings is 1. The smallest absolute Gasteiger partial charge is 0.224 e. The van der Waals surface area contributed by atoms with Gasteiger partial charge < -0.3 is 9.64 Å². The molecule has 1 aliphatic carbocycles. The van der Waals surface area contributed by atoms with Gasteiger partial charge in [0.15, 0.2) is 21.3 Å². The van der Waals surface area contributed by atoms with Gasteiger partial charge in [0.1, 0.15) is 11.5 Å². The van der Waals surface area contributed by atoms with Crippen LogP contribution in [-0.2, 0) is 21.2 Å². The Kier molecular flexibility index (Phi) is 4.56. The highest BCUT2D eigenvalue weighted by Crippen LogP contribution is 2.51. The highest BCUT2D eigenvalue weighted by atomic mass is 35.5. The Morgan fingerprint density at radius 2 is 1.84 bits per heavy atom. The molecule has 0 radical (unpaired) electrons. The second kappa shape index (κ2) is 6.70. The summed E-state index contributed by atoms with van der Waals surface area (Å²) in [5, 5.41) is 0.214. The van der Waals surface area contributed by atoms with Crippen molar-refractivity contribution in [3.63, 3.8) is 0 Å². The van der Waals surface area contributed by atoms with E-state index in [9.17, 15) is 8.78 Å². The Morgan fingerprint density at radius 3 is 2.52 bits per heavy atom. The summed E-state index contributed by atoms with van der Waals surface area (Å²) in [6, 6.07) is 6.01. The summed E-state index contributed by atoms with van der Waals surface area (Å²) in [6.07, 6.45) is 1.87. The van der Waals surface area contributed by atoms with Crippen molar-refractivity contribution in [2.75, 3.05) is 31.2 Å². The zero-order valence-electron chi connectivity index (χ0n) is 13.4. The standard InChI is InChI=1S/C17H16ClF2N3OS/c18-16-21-14(10-15(22-16)23-5-7-24-8-6-23)17(3-4-17)25-11-1-2-12(19)13(20)9-11/h1-2,9-10H,3-8H2/p+1. The van der Waals surface area contributed by atoms with E-state index in [0.29, 0.717) is 13.2 Å². The van der Waals surface area contributed by atoms with E-state index in [1.165, 1.54) is 12.1 Å². The van der Waals surface area contributed by atoms with Crippen LogP contribution in [0.3, 0.4) is 0 Å². The number of benzene rings is 1. The number of aromatic nitrogens is 2. The predicted octanol–water partition coefficient (Wildman–Crippen LogP) is 3.11. The lowest BCUT2D eigenvalue weighted by Gasteiger charge is -2.28. The van der Waals surface area contributed by atoms with Crippen molar-refractivity contribution in [2.45, 2.75) is 22.5 Å². The van der Waals surface area contributed by atoms with Gasteiger partial charge in [-0.05, 0) is 23.7 Å². The van der Waals surface area contributed by atoms with Crippen LogP contribution in [0.25, 0.3) is 0 Å². The van der Waals surface area contributed by atoms with Gasteiger partial charge in [-0.25, -0.2) is 18.7 Å². The predicted molar refractivity (Wildman–Crippen MR) is 94.4 cm³/mol. The lowest BCUT2D eigenvalue weighted by atomic mass is 10.2. The number of hydrogen-bond donors (Lipinski definition) is 0. The van der Waals surface area contributed by atoms with Gasteiger partial charge in [0.05, 0.1) is 13.2 Å². The monoisotopic (exact) mass is 384 g/mol. The van der Waals surface area contributed by atoms with E-state index in [4.69, 9.17) is 16.3 Å². The molecule has 1 saturated heterocycles. The Bertz CT molecular complexity index is 797. The van der Waals surface area contributed by atoms with E-state index < -0.39 is 11.6 Å². The summed E-state index contributed by atoms with van der Waals surface area (Å²) < 4.78 is 31.8. The number of nitrogens with zero attached hydrogens (tertiary/aromatic N) is 3. The van der Waals surface area contributed by atoms with Crippen LogP contribution in [0.5, 0.6) is 0 Å². The van der Waals surface area contributed by atoms with Gasteiger partial charge in [0, 0.05) is 49.8 Å². The largest absolute Gasteiger partial charge is 0.378 e. The molecule has 0 atom stereocenters. The zero-order chi connectivity index (χ0) is 17.4. The molecule has 1 aromatic carbocycles. The van der Waals surface area contributed by atoms with Gasteiger partial charge in [-0.15, -0.1) is 0 Å². The van der Waals surface area contributed by atoms with Gasteiger partial charge >= 0.3 is 0 Å². The summed E-state index contributed by atoms with van der Waals surface area (Å²) >= 11 is 7.07. The molecule has 4 rings (SSSR count). The maximum Gasteiger partial charge on any atom is 0.224 e. The van der Waals surface area contributed by atoms with Crippen LogP contribution < -0.4 is 4.90 Å². The van der Waals surface area contributed by atoms with Crippen molar-refractivity contribution < 1.29 is 13.5 Å². The minimum absolute atomic E-state index is 0.197. The van der Waals surface area contributed by atoms with Crippen molar-refractivity contribution in [1.29, 1.82) is 0 Å². The number of thiol groups is 1. The highest BCUT2D eigenvalue weighted by Gasteiger charge is 2.55. The van der Waals surface area contributed by atoms with Crippen molar-refractivity contribution in [2.24, 2.45) is 0 Å². The summed E-state index contributed by atoms with van der Waals surface area (Å²) in [5.41, 5.74) is 0.861. The first-order chi connectivity index (χ1) is 12.1. The molecular formula is C17H17ClF2N3OS+. The average Bonchev–Trinajstić information content (AvgIpc) is 3.39. The van der Waals surface area contributed by atoms with Gasteiger partial charge in [-0.3, -0.25) is 0 Å². The van der Waals surface area contributed by atoms with Crippen LogP contribution in [0, 0.1) is 11.6 Å². The number of halogens is 3. The quantitative estimate of drug-likeness (QED) is 0.461. The summed E-state index contributed by atoms with van der Waals surface area (Å²) in [7, 11) is 0. The first kappa shape index (κ1) is 17.0. The van der Waals surface area contributed by atoms with E-state index in [-0.39, 0.29) is 10.0 Å². The molecule has 132 valence electrons. The molecule has 0 amide bonds. The van der Waals surface area contributed by atoms with Gasteiger partial charge in [0.25, 0.3) is 0 Å². The summed E-state index contributed by atoms with van der Waals surface area (Å²) in [4.78, 5) is 11.6. The van der Waals surface area contributed by atoms with Crippen LogP contribution in [-0.4, -0.2) is 36.3 Å². The summed E-state index contributed by atoms with van der Waals surface area (Å²) in [6.45, 7) is 2.85. The fourth-order valence-corrected chi connectivity index (χ4v) is 4.51. The number of hydrogen-bond acceptors (Lipinski definition) is 4. The molecule has 2 aromatic rings. The molecule has 0 spiro atoms. The summed E-state index contributed by atoms with van der Waals surface area (Å²) in [5.74, 6) is -0.857. The molecule has 2 aliphatic rings. The van der Waals surface area contributed by atoms with Crippen molar-refractivity contribution in [3.8, 4) is 0 Å². The molecule has 0 bridgehead atoms. The number of ether oxygens (including phenoxy) is 1. The third-order valence-corrected chi connectivity index (χ3v) is 6.28. The Labute approximate surface area is 153 Å². The Morgan fingerprint density at radius 1 is 1.08 bits per heavy atom. The van der Waals surface area contributed by atoms with Crippen molar-refractivity contribution in [3.05, 3.63) is 46.9 Å². The lowest BCUT2D eigenvalue weighted by Crippen LogP contribution is -2.37. The molecule has 1 aliphatic heterocycles. The van der Waals surface area contributed by atoms with E-state index in [1.807, 2.05) is 6.07 Å². The molecule has 4 nitrogen and oxygen atoms in total. The van der Waals surface area contributed by atoms with E-state index in [0.717, 1.165) is 54.1 Å². The molecule has 8 heteroatoms. The second-order valence-electron chi connectivity index (χ2n) is 6.22. The van der Waals surface area contributed by atoms with Crippen molar-refractivity contribution >= 4 is 29.2 Å². The fraction of sp³-hybridized carbons (Fsp3) is 0.412. The van der Waals surface area contributed by atoms with Crippen LogP contribution in [0.15, 0.2) is 29.2 Å². The van der Waals surface area contributed by atoms with Gasteiger partial charge in [-0.1, -0.05) is 0 Å². The zero-order valence-corrected chi connectivity index (χ0v) is 15.0. The molecule has 2 heterocycles. The maximum atomic E-state index is 13.5. The van der Waals surface area contributed by atoms with Gasteiger partial charge in [0.2, 0.25) is 5.28 Å². The molecule has 25 heavy (non-hydrogen) atoms. The third kappa shape index (κ3) is 3.59. The molecule has 0 N–H and O–H groups in total. The first-order valence-electron chi connectivity index (χ1n) is 8.11. The molecule has 1 aromatic heterocycles. The lowest BCUT2D eigenvalue weighted by molar-refractivity contribution is 0.122. The van der Waals surface area contributed by atoms with E-state index >= 15 is 0 Å². The number of anilines is 1. The average molecular weight is 385 g/mol. The van der Waals surface area contributed by atoms with E-state index in [1.54, 1.807) is 6.07 Å². The normalized spacial score (nSPS) is 19.1. The molecular weight excluding hydrogens is 368 g/mol. The van der Waals surface area contributed by atoms with Crippen LogP contribution in [0.2, 0.25) is 5.28 Å². The van der Waals surface area contributed by atoms with Crippen molar-refractivity contribution in [1.82, 2.24) is 9.97 Å². The molecule has 0 unspecified atom stereocenters. The topological polar surface area (TPSA) is 38.2 Å². The first-order valence-corrected chi connectivity index (χ1v) is 9.39. The highest BCUT2D eigenvalue weighted by molar-refractivity contribution is 7.80. The molecule has 1 saturated carbocycles. The Balaban J connectivity index is 1.61.